The Kier molecular flexibility index (Phi) is 3.94. The Morgan fingerprint density at radius 2 is 2.21 bits per heavy atom. The number of nitrogens with zero attached hydrogens (tertiary/aromatic N) is 2. The Morgan fingerprint density at radius 1 is 1.53 bits per heavy atom. The molecule has 0 unspecified atom stereocenters. The number of nitrogens with one attached hydrogen (secondary N) is 1. The first-order valence-electron chi connectivity index (χ1n) is 6.93. The Bertz CT molecular complexity index is 456. The number of carbonyl (C=O) groups excluding carboxylic acids is 1. The summed E-state index contributed by atoms with van der Waals surface area (Å²) in [4.78, 5) is 12.0. The maximum Gasteiger partial charge on any atom is 0.271 e. The SMILES string of the molecule is CC(C)(C)n1nc(C(=O)NCCCO)cc1C1CC1. The topological polar surface area (TPSA) is 67.2 Å². The molecular formula is C14H23N3O2. The van der Waals surface area contributed by atoms with Crippen LogP contribution >= 0.6 is 0 Å². The molecule has 5 heteroatoms. The van der Waals surface area contributed by atoms with E-state index in [1.807, 2.05) is 10.7 Å². The van der Waals surface area contributed by atoms with Crippen molar-refractivity contribution in [2.24, 2.45) is 0 Å². The number of amides is 1. The molecule has 19 heavy (non-hydrogen) atoms. The molecule has 1 aliphatic rings. The zero-order valence-electron chi connectivity index (χ0n) is 11.9. The Morgan fingerprint density at radius 3 is 2.74 bits per heavy atom. The summed E-state index contributed by atoms with van der Waals surface area (Å²) in [5.41, 5.74) is 1.54. The molecule has 5 nitrogen and oxygen atoms in total. The summed E-state index contributed by atoms with van der Waals surface area (Å²) < 4.78 is 1.98. The Hall–Kier alpha value is -1.36. The van der Waals surface area contributed by atoms with Crippen molar-refractivity contribution in [2.45, 2.75) is 51.5 Å². The van der Waals surface area contributed by atoms with Crippen LogP contribution in [0.1, 0.15) is 62.1 Å². The third kappa shape index (κ3) is 3.35. The van der Waals surface area contributed by atoms with Crippen molar-refractivity contribution in [1.82, 2.24) is 15.1 Å². The summed E-state index contributed by atoms with van der Waals surface area (Å²) in [5, 5.41) is 16.0. The molecule has 1 amide bonds. The number of carbonyl (C=O) groups is 1. The van der Waals surface area contributed by atoms with E-state index in [9.17, 15) is 4.79 Å². The van der Waals surface area contributed by atoms with Gasteiger partial charge in [0.25, 0.3) is 5.91 Å². The average Bonchev–Trinajstić information content (AvgIpc) is 3.06. The van der Waals surface area contributed by atoms with Crippen molar-refractivity contribution in [1.29, 1.82) is 0 Å². The van der Waals surface area contributed by atoms with Crippen molar-refractivity contribution >= 4 is 5.91 Å². The van der Waals surface area contributed by atoms with Crippen LogP contribution in [0.2, 0.25) is 0 Å². The summed E-state index contributed by atoms with van der Waals surface area (Å²) in [6.07, 6.45) is 2.95. The van der Waals surface area contributed by atoms with Gasteiger partial charge in [0.1, 0.15) is 5.69 Å². The third-order valence-electron chi connectivity index (χ3n) is 3.22. The molecule has 0 aliphatic heterocycles. The first-order chi connectivity index (χ1) is 8.93. The number of hydrogen-bond donors (Lipinski definition) is 2. The molecule has 1 aromatic rings. The molecule has 2 rings (SSSR count). The van der Waals surface area contributed by atoms with Crippen molar-refractivity contribution < 1.29 is 9.90 Å². The van der Waals surface area contributed by atoms with Crippen LogP contribution in [-0.4, -0.2) is 33.9 Å². The average molecular weight is 265 g/mol. The first-order valence-corrected chi connectivity index (χ1v) is 6.93. The largest absolute Gasteiger partial charge is 0.396 e. The van der Waals surface area contributed by atoms with Gasteiger partial charge in [-0.05, 0) is 46.1 Å². The van der Waals surface area contributed by atoms with Crippen molar-refractivity contribution in [3.05, 3.63) is 17.5 Å². The zero-order valence-corrected chi connectivity index (χ0v) is 11.9. The predicted octanol–water partition coefficient (Wildman–Crippen LogP) is 1.63. The van der Waals surface area contributed by atoms with Crippen LogP contribution < -0.4 is 5.32 Å². The maximum atomic E-state index is 12.0. The number of aliphatic hydroxyl groups is 1. The van der Waals surface area contributed by atoms with Gasteiger partial charge in [0.15, 0.2) is 0 Å². The lowest BCUT2D eigenvalue weighted by molar-refractivity contribution is 0.0944. The summed E-state index contributed by atoms with van der Waals surface area (Å²) in [5.74, 6) is 0.407. The van der Waals surface area contributed by atoms with Crippen LogP contribution in [0.4, 0.5) is 0 Å². The van der Waals surface area contributed by atoms with E-state index in [-0.39, 0.29) is 18.1 Å². The van der Waals surface area contributed by atoms with Crippen LogP contribution in [0.25, 0.3) is 0 Å². The van der Waals surface area contributed by atoms with E-state index >= 15 is 0 Å². The van der Waals surface area contributed by atoms with E-state index in [4.69, 9.17) is 5.11 Å². The number of hydrogen-bond acceptors (Lipinski definition) is 3. The standard InChI is InChI=1S/C14H23N3O2/c1-14(2,3)17-12(10-5-6-10)9-11(16-17)13(19)15-7-4-8-18/h9-10,18H,4-8H2,1-3H3,(H,15,19). The highest BCUT2D eigenvalue weighted by atomic mass is 16.3. The molecule has 1 fully saturated rings. The van der Waals surface area contributed by atoms with Gasteiger partial charge in [-0.2, -0.15) is 5.10 Å². The monoisotopic (exact) mass is 265 g/mol. The van der Waals surface area contributed by atoms with Gasteiger partial charge in [-0.1, -0.05) is 0 Å². The molecule has 1 saturated carbocycles. The minimum absolute atomic E-state index is 0.0873. The van der Waals surface area contributed by atoms with E-state index in [0.717, 1.165) is 0 Å². The first kappa shape index (κ1) is 14.1. The van der Waals surface area contributed by atoms with Gasteiger partial charge in [0, 0.05) is 24.8 Å². The van der Waals surface area contributed by atoms with Gasteiger partial charge < -0.3 is 10.4 Å². The smallest absolute Gasteiger partial charge is 0.271 e. The van der Waals surface area contributed by atoms with Crippen LogP contribution in [0.5, 0.6) is 0 Å². The molecule has 1 aromatic heterocycles. The fourth-order valence-corrected chi connectivity index (χ4v) is 2.09. The van der Waals surface area contributed by atoms with Gasteiger partial charge in [0.2, 0.25) is 0 Å². The fraction of sp³-hybridized carbons (Fsp3) is 0.714. The predicted molar refractivity (Wildman–Crippen MR) is 73.2 cm³/mol. The van der Waals surface area contributed by atoms with Crippen molar-refractivity contribution in [3.8, 4) is 0 Å². The van der Waals surface area contributed by atoms with E-state index in [1.54, 1.807) is 0 Å². The summed E-state index contributed by atoms with van der Waals surface area (Å²) in [6.45, 7) is 6.86. The van der Waals surface area contributed by atoms with E-state index in [2.05, 4.69) is 31.2 Å². The van der Waals surface area contributed by atoms with Gasteiger partial charge in [-0.15, -0.1) is 0 Å². The summed E-state index contributed by atoms with van der Waals surface area (Å²) in [7, 11) is 0. The molecule has 0 aromatic carbocycles. The quantitative estimate of drug-likeness (QED) is 0.795. The lowest BCUT2D eigenvalue weighted by atomic mass is 10.1. The Labute approximate surface area is 114 Å². The third-order valence-corrected chi connectivity index (χ3v) is 3.22. The Balaban J connectivity index is 2.15. The minimum Gasteiger partial charge on any atom is -0.396 e. The van der Waals surface area contributed by atoms with Crippen molar-refractivity contribution in [2.75, 3.05) is 13.2 Å². The van der Waals surface area contributed by atoms with Gasteiger partial charge in [0.05, 0.1) is 5.54 Å². The van der Waals surface area contributed by atoms with Crippen LogP contribution in [0, 0.1) is 0 Å². The van der Waals surface area contributed by atoms with Crippen LogP contribution in [0.15, 0.2) is 6.07 Å². The second-order valence-electron chi connectivity index (χ2n) is 6.14. The highest BCUT2D eigenvalue weighted by Gasteiger charge is 2.32. The van der Waals surface area contributed by atoms with Gasteiger partial charge >= 0.3 is 0 Å². The van der Waals surface area contributed by atoms with Crippen LogP contribution in [0.3, 0.4) is 0 Å². The molecule has 2 N–H and O–H groups in total. The molecule has 1 heterocycles. The van der Waals surface area contributed by atoms with E-state index < -0.39 is 0 Å². The summed E-state index contributed by atoms with van der Waals surface area (Å²) in [6, 6.07) is 1.91. The number of aliphatic hydroxyl groups excluding tert-OH is 1. The van der Waals surface area contributed by atoms with Gasteiger partial charge in [-0.3, -0.25) is 9.48 Å². The molecule has 1 aliphatic carbocycles. The van der Waals surface area contributed by atoms with Gasteiger partial charge in [-0.25, -0.2) is 0 Å². The lowest BCUT2D eigenvalue weighted by Gasteiger charge is -2.22. The minimum atomic E-state index is -0.154. The second kappa shape index (κ2) is 5.33. The molecule has 0 atom stereocenters. The zero-order chi connectivity index (χ0) is 14.0. The lowest BCUT2D eigenvalue weighted by Crippen LogP contribution is -2.28. The molecule has 0 saturated heterocycles. The second-order valence-corrected chi connectivity index (χ2v) is 6.14. The van der Waals surface area contributed by atoms with E-state index in [1.165, 1.54) is 18.5 Å². The van der Waals surface area contributed by atoms with E-state index in [0.29, 0.717) is 24.6 Å². The summed E-state index contributed by atoms with van der Waals surface area (Å²) >= 11 is 0. The molecule has 0 bridgehead atoms. The highest BCUT2D eigenvalue weighted by Crippen LogP contribution is 2.41. The number of aromatic nitrogens is 2. The molecule has 106 valence electrons. The highest BCUT2D eigenvalue weighted by molar-refractivity contribution is 5.92. The van der Waals surface area contributed by atoms with Crippen LogP contribution in [-0.2, 0) is 5.54 Å². The number of rotatable bonds is 5. The van der Waals surface area contributed by atoms with Crippen molar-refractivity contribution in [3.63, 3.8) is 0 Å². The molecule has 0 radical (unpaired) electrons. The fourth-order valence-electron chi connectivity index (χ4n) is 2.09. The normalized spacial score (nSPS) is 15.6. The molecular weight excluding hydrogens is 242 g/mol. The molecule has 0 spiro atoms. The maximum absolute atomic E-state index is 12.0.